The number of hydrogen-bond donors (Lipinski definition) is 3. The Morgan fingerprint density at radius 3 is 2.85 bits per heavy atom. The van der Waals surface area contributed by atoms with Crippen molar-refractivity contribution >= 4 is 33.5 Å². The first-order valence-corrected chi connectivity index (χ1v) is 10.7. The maximum atomic E-state index is 11.8. The Balaban J connectivity index is 1.43. The molecule has 6 aromatic rings. The Kier molecular flexibility index (Phi) is 4.61. The van der Waals surface area contributed by atoms with Crippen molar-refractivity contribution in [1.82, 2.24) is 35.1 Å². The molecular weight excluding hydrogens is 432 g/mol. The average molecular weight is 450 g/mol. The standard InChI is InChI=1S/C24H18N8O2/c1-2-20(33)28-15-7-14(9-25-10-15)18-8-16-19(11-27-18)31-32-22(16)24-29-17-3-5-26-21(23(17)30-24)13-4-6-34-12-13/h3-12H,2H2,1H3,(H,28,33)(H,29,30)(H,31,32). The third-order valence-corrected chi connectivity index (χ3v) is 5.51. The molecule has 0 radical (unpaired) electrons. The maximum absolute atomic E-state index is 11.8. The number of furan rings is 1. The van der Waals surface area contributed by atoms with E-state index in [9.17, 15) is 4.79 Å². The maximum Gasteiger partial charge on any atom is 0.224 e. The SMILES string of the molecule is CCC(=O)Nc1cncc(-c2cc3c(-c4nc5c(-c6ccoc6)nccc5[nH]4)n[nH]c3cn2)c1. The van der Waals surface area contributed by atoms with Crippen LogP contribution in [0.2, 0.25) is 0 Å². The Morgan fingerprint density at radius 1 is 1.06 bits per heavy atom. The molecule has 0 bridgehead atoms. The van der Waals surface area contributed by atoms with Crippen molar-refractivity contribution in [2.24, 2.45) is 0 Å². The molecule has 1 amide bonds. The summed E-state index contributed by atoms with van der Waals surface area (Å²) in [5.74, 6) is 0.534. The van der Waals surface area contributed by atoms with E-state index in [1.165, 1.54) is 0 Å². The first-order valence-electron chi connectivity index (χ1n) is 10.7. The van der Waals surface area contributed by atoms with Gasteiger partial charge in [0.25, 0.3) is 0 Å². The number of carbonyl (C=O) groups is 1. The van der Waals surface area contributed by atoms with E-state index in [1.54, 1.807) is 44.2 Å². The number of amides is 1. The third-order valence-electron chi connectivity index (χ3n) is 5.51. The number of rotatable bonds is 5. The van der Waals surface area contributed by atoms with Crippen molar-refractivity contribution in [1.29, 1.82) is 0 Å². The highest BCUT2D eigenvalue weighted by Gasteiger charge is 2.17. The normalized spacial score (nSPS) is 11.3. The lowest BCUT2D eigenvalue weighted by Crippen LogP contribution is -2.09. The molecule has 34 heavy (non-hydrogen) atoms. The summed E-state index contributed by atoms with van der Waals surface area (Å²) in [4.78, 5) is 33.2. The van der Waals surface area contributed by atoms with Crippen molar-refractivity contribution in [3.63, 3.8) is 0 Å². The largest absolute Gasteiger partial charge is 0.472 e. The second kappa shape index (κ2) is 7.93. The predicted molar refractivity (Wildman–Crippen MR) is 127 cm³/mol. The van der Waals surface area contributed by atoms with Crippen LogP contribution in [0.15, 0.2) is 66.0 Å². The van der Waals surface area contributed by atoms with E-state index < -0.39 is 0 Å². The molecule has 6 rings (SSSR count). The second-order valence-corrected chi connectivity index (χ2v) is 7.70. The quantitative estimate of drug-likeness (QED) is 0.350. The van der Waals surface area contributed by atoms with Gasteiger partial charge in [-0.2, -0.15) is 5.10 Å². The molecule has 0 aliphatic carbocycles. The van der Waals surface area contributed by atoms with E-state index >= 15 is 0 Å². The molecule has 10 nitrogen and oxygen atoms in total. The summed E-state index contributed by atoms with van der Waals surface area (Å²) in [5, 5.41) is 11.2. The molecule has 6 heterocycles. The predicted octanol–water partition coefficient (Wildman–Crippen LogP) is 4.57. The number of nitrogens with one attached hydrogen (secondary N) is 3. The summed E-state index contributed by atoms with van der Waals surface area (Å²) in [5.41, 5.74) is 6.69. The smallest absolute Gasteiger partial charge is 0.224 e. The number of pyridine rings is 3. The molecule has 0 atom stereocenters. The van der Waals surface area contributed by atoms with Crippen LogP contribution in [0.1, 0.15) is 13.3 Å². The summed E-state index contributed by atoms with van der Waals surface area (Å²) in [7, 11) is 0. The summed E-state index contributed by atoms with van der Waals surface area (Å²) in [6.45, 7) is 1.80. The second-order valence-electron chi connectivity index (χ2n) is 7.70. The minimum absolute atomic E-state index is 0.0753. The molecule has 0 aromatic carbocycles. The Morgan fingerprint density at radius 2 is 2.00 bits per heavy atom. The highest BCUT2D eigenvalue weighted by atomic mass is 16.3. The zero-order chi connectivity index (χ0) is 23.1. The Bertz CT molecular complexity index is 1650. The van der Waals surface area contributed by atoms with Gasteiger partial charge in [-0.15, -0.1) is 0 Å². The first-order chi connectivity index (χ1) is 16.7. The van der Waals surface area contributed by atoms with Crippen LogP contribution in [0.3, 0.4) is 0 Å². The molecule has 3 N–H and O–H groups in total. The van der Waals surface area contributed by atoms with Gasteiger partial charge in [0.15, 0.2) is 5.82 Å². The van der Waals surface area contributed by atoms with Crippen LogP contribution in [0.5, 0.6) is 0 Å². The van der Waals surface area contributed by atoms with Gasteiger partial charge in [-0.1, -0.05) is 6.92 Å². The van der Waals surface area contributed by atoms with Gasteiger partial charge in [0, 0.05) is 35.3 Å². The lowest BCUT2D eigenvalue weighted by molar-refractivity contribution is -0.115. The fourth-order valence-corrected chi connectivity index (χ4v) is 3.81. The minimum Gasteiger partial charge on any atom is -0.472 e. The summed E-state index contributed by atoms with van der Waals surface area (Å²) >= 11 is 0. The van der Waals surface area contributed by atoms with E-state index in [2.05, 4.69) is 35.5 Å². The number of imidazole rings is 1. The number of hydrogen-bond acceptors (Lipinski definition) is 7. The molecule has 0 fully saturated rings. The van der Waals surface area contributed by atoms with E-state index in [0.717, 1.165) is 38.8 Å². The van der Waals surface area contributed by atoms with Gasteiger partial charge in [-0.3, -0.25) is 24.8 Å². The van der Waals surface area contributed by atoms with Crippen LogP contribution in [0.4, 0.5) is 5.69 Å². The number of aromatic nitrogens is 7. The van der Waals surface area contributed by atoms with E-state index in [0.29, 0.717) is 29.3 Å². The molecular formula is C24H18N8O2. The van der Waals surface area contributed by atoms with E-state index in [1.807, 2.05) is 24.3 Å². The summed E-state index contributed by atoms with van der Waals surface area (Å²) in [6, 6.07) is 7.50. The van der Waals surface area contributed by atoms with Crippen LogP contribution in [0.25, 0.3) is 56.0 Å². The van der Waals surface area contributed by atoms with Gasteiger partial charge in [0.1, 0.15) is 16.9 Å². The molecule has 0 aliphatic heterocycles. The number of carbonyl (C=O) groups excluding carboxylic acids is 1. The van der Waals surface area contributed by atoms with Gasteiger partial charge in [0.05, 0.1) is 47.3 Å². The molecule has 0 saturated carbocycles. The molecule has 0 saturated heterocycles. The van der Waals surface area contributed by atoms with Gasteiger partial charge in [-0.25, -0.2) is 4.98 Å². The van der Waals surface area contributed by atoms with E-state index in [-0.39, 0.29) is 5.91 Å². The number of nitrogens with zero attached hydrogens (tertiary/aromatic N) is 5. The highest BCUT2D eigenvalue weighted by Crippen LogP contribution is 2.31. The average Bonchev–Trinajstić information content (AvgIpc) is 3.62. The number of aromatic amines is 2. The third kappa shape index (κ3) is 3.37. The molecule has 0 unspecified atom stereocenters. The monoisotopic (exact) mass is 450 g/mol. The van der Waals surface area contributed by atoms with Gasteiger partial charge in [-0.05, 0) is 24.3 Å². The van der Waals surface area contributed by atoms with Crippen molar-refractivity contribution < 1.29 is 9.21 Å². The number of anilines is 1. The van der Waals surface area contributed by atoms with Crippen LogP contribution in [-0.2, 0) is 4.79 Å². The summed E-state index contributed by atoms with van der Waals surface area (Å²) < 4.78 is 5.22. The zero-order valence-corrected chi connectivity index (χ0v) is 18.0. The fraction of sp³-hybridized carbons (Fsp3) is 0.0833. The molecule has 0 spiro atoms. The lowest BCUT2D eigenvalue weighted by atomic mass is 10.1. The Hall–Kier alpha value is -4.86. The van der Waals surface area contributed by atoms with Crippen molar-refractivity contribution in [3.05, 3.63) is 61.6 Å². The topological polar surface area (TPSA) is 138 Å². The van der Waals surface area contributed by atoms with Crippen LogP contribution in [-0.4, -0.2) is 41.0 Å². The van der Waals surface area contributed by atoms with Crippen molar-refractivity contribution in [3.8, 4) is 34.0 Å². The van der Waals surface area contributed by atoms with Crippen molar-refractivity contribution in [2.45, 2.75) is 13.3 Å². The molecule has 166 valence electrons. The van der Waals surface area contributed by atoms with Gasteiger partial charge >= 0.3 is 0 Å². The highest BCUT2D eigenvalue weighted by molar-refractivity contribution is 5.97. The van der Waals surface area contributed by atoms with Crippen molar-refractivity contribution in [2.75, 3.05) is 5.32 Å². The summed E-state index contributed by atoms with van der Waals surface area (Å²) in [6.07, 6.45) is 10.4. The lowest BCUT2D eigenvalue weighted by Gasteiger charge is -2.06. The van der Waals surface area contributed by atoms with Crippen LogP contribution < -0.4 is 5.32 Å². The van der Waals surface area contributed by atoms with Gasteiger partial charge in [0.2, 0.25) is 5.91 Å². The number of fused-ring (bicyclic) bond motifs is 2. The van der Waals surface area contributed by atoms with Crippen LogP contribution >= 0.6 is 0 Å². The number of H-pyrrole nitrogens is 2. The fourth-order valence-electron chi connectivity index (χ4n) is 3.81. The zero-order valence-electron chi connectivity index (χ0n) is 18.0. The first kappa shape index (κ1) is 19.8. The van der Waals surface area contributed by atoms with E-state index in [4.69, 9.17) is 9.40 Å². The molecule has 10 heteroatoms. The van der Waals surface area contributed by atoms with Crippen LogP contribution in [0, 0.1) is 0 Å². The molecule has 6 aromatic heterocycles. The molecule has 0 aliphatic rings. The van der Waals surface area contributed by atoms with Gasteiger partial charge < -0.3 is 14.7 Å². The Labute approximate surface area is 192 Å². The minimum atomic E-state index is -0.0753.